The summed E-state index contributed by atoms with van der Waals surface area (Å²) in [5.74, 6) is 1.09. The Labute approximate surface area is 123 Å². The Hall–Kier alpha value is -1.47. The minimum absolute atomic E-state index is 0.0956. The maximum absolute atomic E-state index is 12.1. The summed E-state index contributed by atoms with van der Waals surface area (Å²) in [4.78, 5) is 8.88. The van der Waals surface area contributed by atoms with E-state index in [2.05, 4.69) is 9.97 Å². The van der Waals surface area contributed by atoms with Gasteiger partial charge in [-0.15, -0.1) is 0 Å². The van der Waals surface area contributed by atoms with Crippen LogP contribution in [0.15, 0.2) is 18.3 Å². The number of aromatic nitrogens is 3. The van der Waals surface area contributed by atoms with Crippen LogP contribution in [0.4, 0.5) is 0 Å². The highest BCUT2D eigenvalue weighted by molar-refractivity contribution is 7.92. The molecule has 0 aromatic carbocycles. The van der Waals surface area contributed by atoms with Crippen molar-refractivity contribution in [2.45, 2.75) is 37.5 Å². The van der Waals surface area contributed by atoms with E-state index in [4.69, 9.17) is 5.11 Å². The Morgan fingerprint density at radius 3 is 3.00 bits per heavy atom. The molecule has 2 aromatic rings. The van der Waals surface area contributed by atoms with Gasteiger partial charge in [0.25, 0.3) is 0 Å². The van der Waals surface area contributed by atoms with Crippen molar-refractivity contribution in [2.75, 3.05) is 12.4 Å². The molecule has 0 amide bonds. The van der Waals surface area contributed by atoms with Gasteiger partial charge in [-0.05, 0) is 31.4 Å². The first-order chi connectivity index (χ1) is 10.1. The van der Waals surface area contributed by atoms with Gasteiger partial charge in [-0.1, -0.05) is 0 Å². The van der Waals surface area contributed by atoms with E-state index in [1.54, 1.807) is 6.20 Å². The topological polar surface area (TPSA) is 85.1 Å². The van der Waals surface area contributed by atoms with Gasteiger partial charge in [0, 0.05) is 25.8 Å². The zero-order valence-corrected chi connectivity index (χ0v) is 12.6. The smallest absolute Gasteiger partial charge is 0.160 e. The van der Waals surface area contributed by atoms with Gasteiger partial charge in [0.2, 0.25) is 0 Å². The molecule has 3 rings (SSSR count). The van der Waals surface area contributed by atoms with Gasteiger partial charge in [0.15, 0.2) is 15.5 Å². The van der Waals surface area contributed by atoms with Crippen molar-refractivity contribution >= 4 is 21.0 Å². The summed E-state index contributed by atoms with van der Waals surface area (Å²) in [6.07, 6.45) is 4.37. The first kappa shape index (κ1) is 14.5. The first-order valence-corrected chi connectivity index (χ1v) is 8.96. The van der Waals surface area contributed by atoms with Crippen molar-refractivity contribution in [2.24, 2.45) is 0 Å². The second kappa shape index (κ2) is 5.73. The maximum atomic E-state index is 12.1. The van der Waals surface area contributed by atoms with E-state index >= 15 is 0 Å². The summed E-state index contributed by atoms with van der Waals surface area (Å²) in [6.45, 7) is 0.509. The van der Waals surface area contributed by atoms with Crippen molar-refractivity contribution in [1.29, 1.82) is 0 Å². The van der Waals surface area contributed by atoms with Crippen LogP contribution in [0.5, 0.6) is 0 Å². The molecule has 0 saturated carbocycles. The zero-order valence-electron chi connectivity index (χ0n) is 11.8. The van der Waals surface area contributed by atoms with Crippen LogP contribution in [0.2, 0.25) is 0 Å². The average molecular weight is 309 g/mol. The highest BCUT2D eigenvalue weighted by Gasteiger charge is 2.32. The summed E-state index contributed by atoms with van der Waals surface area (Å²) < 4.78 is 26.0. The summed E-state index contributed by atoms with van der Waals surface area (Å²) >= 11 is 0. The summed E-state index contributed by atoms with van der Waals surface area (Å²) in [7, 11) is -2.99. The van der Waals surface area contributed by atoms with Crippen LogP contribution in [-0.4, -0.2) is 45.7 Å². The van der Waals surface area contributed by atoms with Gasteiger partial charge >= 0.3 is 0 Å². The molecule has 0 spiro atoms. The van der Waals surface area contributed by atoms with Gasteiger partial charge in [0.05, 0.1) is 11.0 Å². The van der Waals surface area contributed by atoms with Crippen molar-refractivity contribution in [3.05, 3.63) is 24.2 Å². The molecule has 1 aliphatic rings. The van der Waals surface area contributed by atoms with E-state index < -0.39 is 9.84 Å². The van der Waals surface area contributed by atoms with Crippen molar-refractivity contribution < 1.29 is 13.5 Å². The second-order valence-electron chi connectivity index (χ2n) is 5.44. The molecule has 1 fully saturated rings. The number of nitrogens with zero attached hydrogens (tertiary/aromatic N) is 3. The van der Waals surface area contributed by atoms with Crippen LogP contribution in [0.25, 0.3) is 11.2 Å². The molecule has 0 bridgehead atoms. The Kier molecular flexibility index (Phi) is 3.95. The van der Waals surface area contributed by atoms with Gasteiger partial charge in [-0.3, -0.25) is 0 Å². The van der Waals surface area contributed by atoms with Crippen molar-refractivity contribution in [3.8, 4) is 0 Å². The number of aryl methyl sites for hydroxylation is 1. The van der Waals surface area contributed by atoms with Crippen molar-refractivity contribution in [1.82, 2.24) is 14.5 Å². The normalized spacial score (nSPS) is 21.1. The molecule has 3 heterocycles. The molecule has 1 saturated heterocycles. The standard InChI is InChI=1S/C14H19N3O3S/c18-8-2-6-13-16-12-5-1-7-15-14(12)17(13)10-11-4-3-9-21(11,19)20/h1,5,7,11,18H,2-4,6,8-10H2. The van der Waals surface area contributed by atoms with Crippen LogP contribution >= 0.6 is 0 Å². The number of aliphatic hydroxyl groups excluding tert-OH is 1. The van der Waals surface area contributed by atoms with Crippen LogP contribution < -0.4 is 0 Å². The third-order valence-corrected chi connectivity index (χ3v) is 6.25. The number of hydrogen-bond acceptors (Lipinski definition) is 5. The maximum Gasteiger partial charge on any atom is 0.160 e. The number of fused-ring (bicyclic) bond motifs is 1. The van der Waals surface area contributed by atoms with Gasteiger partial charge in [-0.25, -0.2) is 18.4 Å². The summed E-state index contributed by atoms with van der Waals surface area (Å²) in [6, 6.07) is 3.70. The third kappa shape index (κ3) is 2.80. The highest BCUT2D eigenvalue weighted by atomic mass is 32.2. The summed E-state index contributed by atoms with van der Waals surface area (Å²) in [5, 5.41) is 8.67. The van der Waals surface area contributed by atoms with E-state index in [1.807, 2.05) is 16.7 Å². The minimum atomic E-state index is -2.99. The molecule has 2 aromatic heterocycles. The van der Waals surface area contributed by atoms with Crippen LogP contribution in [0.1, 0.15) is 25.1 Å². The van der Waals surface area contributed by atoms with Gasteiger partial charge in [-0.2, -0.15) is 0 Å². The van der Waals surface area contributed by atoms with E-state index in [-0.39, 0.29) is 17.6 Å². The number of imidazole rings is 1. The Balaban J connectivity index is 1.98. The van der Waals surface area contributed by atoms with E-state index in [9.17, 15) is 8.42 Å². The number of aliphatic hydroxyl groups is 1. The molecule has 1 N–H and O–H groups in total. The van der Waals surface area contributed by atoms with E-state index in [0.29, 0.717) is 25.8 Å². The number of hydrogen-bond donors (Lipinski definition) is 1. The fraction of sp³-hybridized carbons (Fsp3) is 0.571. The quantitative estimate of drug-likeness (QED) is 0.888. The molecule has 0 aliphatic carbocycles. The second-order valence-corrected chi connectivity index (χ2v) is 7.84. The molecule has 1 atom stereocenters. The van der Waals surface area contributed by atoms with E-state index in [0.717, 1.165) is 23.4 Å². The number of rotatable bonds is 5. The lowest BCUT2D eigenvalue weighted by molar-refractivity contribution is 0.287. The fourth-order valence-electron chi connectivity index (χ4n) is 2.89. The molecule has 1 unspecified atom stereocenters. The molecule has 1 aliphatic heterocycles. The van der Waals surface area contributed by atoms with Crippen LogP contribution in [-0.2, 0) is 22.8 Å². The first-order valence-electron chi connectivity index (χ1n) is 7.24. The average Bonchev–Trinajstić information content (AvgIpc) is 2.98. The molecular formula is C14H19N3O3S. The largest absolute Gasteiger partial charge is 0.396 e. The van der Waals surface area contributed by atoms with Gasteiger partial charge < -0.3 is 9.67 Å². The summed E-state index contributed by atoms with van der Waals surface area (Å²) in [5.41, 5.74) is 1.51. The minimum Gasteiger partial charge on any atom is -0.396 e. The highest BCUT2D eigenvalue weighted by Crippen LogP contribution is 2.24. The number of sulfone groups is 1. The van der Waals surface area contributed by atoms with Crippen molar-refractivity contribution in [3.63, 3.8) is 0 Å². The Morgan fingerprint density at radius 2 is 2.29 bits per heavy atom. The Morgan fingerprint density at radius 1 is 1.43 bits per heavy atom. The lowest BCUT2D eigenvalue weighted by atomic mass is 10.2. The molecule has 7 heteroatoms. The predicted octanol–water partition coefficient (Wildman–Crippen LogP) is 0.933. The van der Waals surface area contributed by atoms with Crippen LogP contribution in [0, 0.1) is 0 Å². The van der Waals surface area contributed by atoms with Crippen LogP contribution in [0.3, 0.4) is 0 Å². The predicted molar refractivity (Wildman–Crippen MR) is 79.7 cm³/mol. The molecular weight excluding hydrogens is 290 g/mol. The Bertz CT molecular complexity index is 739. The zero-order chi connectivity index (χ0) is 14.9. The molecule has 6 nitrogen and oxygen atoms in total. The monoisotopic (exact) mass is 309 g/mol. The lowest BCUT2D eigenvalue weighted by Gasteiger charge is -2.13. The third-order valence-electron chi connectivity index (χ3n) is 3.99. The fourth-order valence-corrected chi connectivity index (χ4v) is 4.70. The molecule has 114 valence electrons. The van der Waals surface area contributed by atoms with Gasteiger partial charge in [0.1, 0.15) is 11.3 Å². The molecule has 0 radical (unpaired) electrons. The lowest BCUT2D eigenvalue weighted by Crippen LogP contribution is -2.23. The SMILES string of the molecule is O=S1(=O)CCCC1Cn1c(CCCO)nc2cccnc21. The van der Waals surface area contributed by atoms with E-state index in [1.165, 1.54) is 0 Å². The molecule has 21 heavy (non-hydrogen) atoms. The number of pyridine rings is 1.